The minimum atomic E-state index is 0.0810. The second-order valence-corrected chi connectivity index (χ2v) is 5.12. The third kappa shape index (κ3) is 2.93. The Balaban J connectivity index is 2.13. The first-order chi connectivity index (χ1) is 8.74. The smallest absolute Gasteiger partial charge is 0.0798 e. The van der Waals surface area contributed by atoms with E-state index < -0.39 is 0 Å². The largest absolute Gasteiger partial charge is 0.271 e. The van der Waals surface area contributed by atoms with Crippen LogP contribution in [0.25, 0.3) is 0 Å². The Hall–Kier alpha value is -1.30. The molecular weight excluding hydrogens is 244 g/mol. The zero-order valence-corrected chi connectivity index (χ0v) is 11.5. The van der Waals surface area contributed by atoms with E-state index in [4.69, 9.17) is 5.84 Å². The van der Waals surface area contributed by atoms with Crippen molar-refractivity contribution in [3.8, 4) is 0 Å². The number of hydrazine groups is 1. The third-order valence-electron chi connectivity index (χ3n) is 3.01. The summed E-state index contributed by atoms with van der Waals surface area (Å²) in [7, 11) is 0. The van der Waals surface area contributed by atoms with Crippen LogP contribution in [0.4, 0.5) is 0 Å². The molecule has 4 nitrogen and oxygen atoms in total. The lowest BCUT2D eigenvalue weighted by atomic mass is 10.1. The van der Waals surface area contributed by atoms with Gasteiger partial charge in [-0.2, -0.15) is 0 Å². The van der Waals surface area contributed by atoms with Gasteiger partial charge in [0.2, 0.25) is 0 Å². The average Bonchev–Trinajstić information content (AvgIpc) is 2.83. The maximum absolute atomic E-state index is 5.64. The molecule has 2 aromatic rings. The van der Waals surface area contributed by atoms with E-state index in [1.807, 2.05) is 18.6 Å². The van der Waals surface area contributed by atoms with Gasteiger partial charge in [0.15, 0.2) is 0 Å². The fourth-order valence-corrected chi connectivity index (χ4v) is 2.73. The monoisotopic (exact) mass is 262 g/mol. The number of pyridine rings is 1. The van der Waals surface area contributed by atoms with E-state index in [2.05, 4.69) is 34.5 Å². The van der Waals surface area contributed by atoms with Crippen LogP contribution in [0.15, 0.2) is 23.8 Å². The summed E-state index contributed by atoms with van der Waals surface area (Å²) in [5, 5.41) is 0. The minimum absolute atomic E-state index is 0.0810. The lowest BCUT2D eigenvalue weighted by molar-refractivity contribution is 0.551. The van der Waals surface area contributed by atoms with Gasteiger partial charge in [0.05, 0.1) is 17.2 Å². The molecular formula is C13H18N4S. The number of thiazole rings is 1. The van der Waals surface area contributed by atoms with Crippen LogP contribution in [-0.2, 0) is 12.8 Å². The van der Waals surface area contributed by atoms with E-state index >= 15 is 0 Å². The number of hydrogen-bond donors (Lipinski definition) is 2. The van der Waals surface area contributed by atoms with E-state index in [9.17, 15) is 0 Å². The first-order valence-corrected chi connectivity index (χ1v) is 6.92. The number of aryl methyl sites for hydroxylation is 2. The molecule has 0 aliphatic carbocycles. The molecule has 96 valence electrons. The van der Waals surface area contributed by atoms with Crippen molar-refractivity contribution in [2.24, 2.45) is 5.84 Å². The van der Waals surface area contributed by atoms with Crippen LogP contribution in [0.3, 0.4) is 0 Å². The van der Waals surface area contributed by atoms with E-state index in [-0.39, 0.29) is 6.04 Å². The van der Waals surface area contributed by atoms with Gasteiger partial charge >= 0.3 is 0 Å². The molecule has 0 aromatic carbocycles. The summed E-state index contributed by atoms with van der Waals surface area (Å²) in [4.78, 5) is 9.90. The van der Waals surface area contributed by atoms with Crippen molar-refractivity contribution in [1.29, 1.82) is 0 Å². The van der Waals surface area contributed by atoms with Crippen LogP contribution < -0.4 is 11.3 Å². The number of aromatic nitrogens is 2. The van der Waals surface area contributed by atoms with Gasteiger partial charge in [0.1, 0.15) is 0 Å². The highest BCUT2D eigenvalue weighted by Crippen LogP contribution is 2.23. The van der Waals surface area contributed by atoms with E-state index in [0.29, 0.717) is 0 Å². The Morgan fingerprint density at radius 1 is 1.39 bits per heavy atom. The molecule has 0 fully saturated rings. The molecule has 0 saturated heterocycles. The molecule has 2 rings (SSSR count). The molecule has 0 bridgehead atoms. The summed E-state index contributed by atoms with van der Waals surface area (Å²) in [5.74, 6) is 5.64. The predicted molar refractivity (Wildman–Crippen MR) is 74.2 cm³/mol. The van der Waals surface area contributed by atoms with Gasteiger partial charge in [0.25, 0.3) is 0 Å². The molecule has 2 aromatic heterocycles. The highest BCUT2D eigenvalue weighted by molar-refractivity contribution is 7.09. The van der Waals surface area contributed by atoms with Gasteiger partial charge in [-0.1, -0.05) is 13.0 Å². The van der Waals surface area contributed by atoms with Crippen LogP contribution >= 0.6 is 11.3 Å². The van der Waals surface area contributed by atoms with Crippen LogP contribution in [0.1, 0.15) is 34.8 Å². The van der Waals surface area contributed by atoms with Crippen molar-refractivity contribution in [2.45, 2.75) is 32.7 Å². The lowest BCUT2D eigenvalue weighted by Gasteiger charge is -2.14. The summed E-state index contributed by atoms with van der Waals surface area (Å²) in [6.07, 6.45) is 3.73. The first-order valence-electron chi connectivity index (χ1n) is 6.04. The van der Waals surface area contributed by atoms with Crippen molar-refractivity contribution >= 4 is 11.3 Å². The van der Waals surface area contributed by atoms with Crippen LogP contribution in [0.2, 0.25) is 0 Å². The second-order valence-electron chi connectivity index (χ2n) is 4.24. The van der Waals surface area contributed by atoms with Crippen LogP contribution in [0.5, 0.6) is 0 Å². The fraction of sp³-hybridized carbons (Fsp3) is 0.385. The summed E-state index contributed by atoms with van der Waals surface area (Å²) in [5.41, 5.74) is 8.04. The summed E-state index contributed by atoms with van der Waals surface area (Å²) in [6.45, 7) is 4.13. The van der Waals surface area contributed by atoms with Crippen molar-refractivity contribution in [2.75, 3.05) is 0 Å². The molecule has 0 saturated carbocycles. The number of rotatable bonds is 5. The second kappa shape index (κ2) is 6.04. The molecule has 0 aliphatic heterocycles. The van der Waals surface area contributed by atoms with Gasteiger partial charge in [-0.3, -0.25) is 16.3 Å². The SMILES string of the molecule is CCc1ccc(CC(NN)c2scnc2C)nc1. The number of hydrogen-bond acceptors (Lipinski definition) is 5. The molecule has 3 N–H and O–H groups in total. The number of nitrogens with two attached hydrogens (primary N) is 1. The van der Waals surface area contributed by atoms with Crippen LogP contribution in [0, 0.1) is 6.92 Å². The normalized spacial score (nSPS) is 12.6. The zero-order chi connectivity index (χ0) is 13.0. The van der Waals surface area contributed by atoms with E-state index in [1.54, 1.807) is 11.3 Å². The molecule has 1 unspecified atom stereocenters. The molecule has 18 heavy (non-hydrogen) atoms. The van der Waals surface area contributed by atoms with E-state index in [1.165, 1.54) is 10.4 Å². The highest BCUT2D eigenvalue weighted by atomic mass is 32.1. The van der Waals surface area contributed by atoms with Gasteiger partial charge in [0, 0.05) is 23.2 Å². The standard InChI is InChI=1S/C13H18N4S/c1-3-10-4-5-11(15-7-10)6-12(17-14)13-9(2)16-8-18-13/h4-5,7-8,12,17H,3,6,14H2,1-2H3. The molecule has 0 amide bonds. The quantitative estimate of drug-likeness (QED) is 0.640. The molecule has 0 spiro atoms. The van der Waals surface area contributed by atoms with Gasteiger partial charge in [-0.25, -0.2) is 4.98 Å². The Labute approximate surface area is 111 Å². The minimum Gasteiger partial charge on any atom is -0.271 e. The van der Waals surface area contributed by atoms with Crippen molar-refractivity contribution in [1.82, 2.24) is 15.4 Å². The zero-order valence-electron chi connectivity index (χ0n) is 10.7. The van der Waals surface area contributed by atoms with Crippen LogP contribution in [-0.4, -0.2) is 9.97 Å². The third-order valence-corrected chi connectivity index (χ3v) is 4.05. The molecule has 0 aliphatic rings. The Morgan fingerprint density at radius 3 is 2.72 bits per heavy atom. The topological polar surface area (TPSA) is 63.8 Å². The first kappa shape index (κ1) is 13.1. The molecule has 5 heteroatoms. The summed E-state index contributed by atoms with van der Waals surface area (Å²) in [6, 6.07) is 4.27. The molecule has 1 atom stereocenters. The van der Waals surface area contributed by atoms with Gasteiger partial charge in [-0.05, 0) is 25.0 Å². The lowest BCUT2D eigenvalue weighted by Crippen LogP contribution is -2.29. The number of nitrogens with zero attached hydrogens (tertiary/aromatic N) is 2. The summed E-state index contributed by atoms with van der Waals surface area (Å²) < 4.78 is 0. The maximum Gasteiger partial charge on any atom is 0.0798 e. The Morgan fingerprint density at radius 2 is 2.22 bits per heavy atom. The molecule has 0 radical (unpaired) electrons. The van der Waals surface area contributed by atoms with E-state index in [0.717, 1.165) is 24.2 Å². The number of nitrogens with one attached hydrogen (secondary N) is 1. The fourth-order valence-electron chi connectivity index (χ4n) is 1.87. The average molecular weight is 262 g/mol. The van der Waals surface area contributed by atoms with Gasteiger partial charge < -0.3 is 0 Å². The van der Waals surface area contributed by atoms with Gasteiger partial charge in [-0.15, -0.1) is 11.3 Å². The van der Waals surface area contributed by atoms with Crippen molar-refractivity contribution in [3.05, 3.63) is 45.7 Å². The highest BCUT2D eigenvalue weighted by Gasteiger charge is 2.15. The Kier molecular flexibility index (Phi) is 4.41. The molecule has 2 heterocycles. The predicted octanol–water partition coefficient (Wildman–Crippen LogP) is 2.16. The van der Waals surface area contributed by atoms with Crippen molar-refractivity contribution < 1.29 is 0 Å². The van der Waals surface area contributed by atoms with Crippen molar-refractivity contribution in [3.63, 3.8) is 0 Å². The summed E-state index contributed by atoms with van der Waals surface area (Å²) >= 11 is 1.63. The maximum atomic E-state index is 5.64. The Bertz CT molecular complexity index is 492.